The van der Waals surface area contributed by atoms with Crippen LogP contribution in [0.5, 0.6) is 0 Å². The van der Waals surface area contributed by atoms with E-state index in [2.05, 4.69) is 15.5 Å². The lowest BCUT2D eigenvalue weighted by atomic mass is 9.77. The van der Waals surface area contributed by atoms with Crippen molar-refractivity contribution < 1.29 is 14.7 Å². The number of hydrogen-bond donors (Lipinski definition) is 3. The van der Waals surface area contributed by atoms with E-state index in [0.717, 1.165) is 17.7 Å². The number of nitrogens with one attached hydrogen (secondary N) is 2. The van der Waals surface area contributed by atoms with Gasteiger partial charge < -0.3 is 10.4 Å². The fourth-order valence-corrected chi connectivity index (χ4v) is 3.83. The predicted molar refractivity (Wildman–Crippen MR) is 87.8 cm³/mol. The second-order valence-electron chi connectivity index (χ2n) is 5.70. The smallest absolute Gasteiger partial charge is 0.303 e. The van der Waals surface area contributed by atoms with E-state index in [1.807, 2.05) is 6.07 Å². The highest BCUT2D eigenvalue weighted by atomic mass is 35.5. The predicted octanol–water partition coefficient (Wildman–Crippen LogP) is 3.16. The summed E-state index contributed by atoms with van der Waals surface area (Å²) in [5.41, 5.74) is 1.17. The van der Waals surface area contributed by atoms with Gasteiger partial charge in [-0.25, -0.2) is 0 Å². The summed E-state index contributed by atoms with van der Waals surface area (Å²) >= 11 is 7.32. The van der Waals surface area contributed by atoms with E-state index in [9.17, 15) is 9.59 Å². The van der Waals surface area contributed by atoms with E-state index in [4.69, 9.17) is 16.7 Å². The van der Waals surface area contributed by atoms with Crippen molar-refractivity contribution >= 4 is 34.8 Å². The lowest BCUT2D eigenvalue weighted by Crippen LogP contribution is -2.44. The van der Waals surface area contributed by atoms with Crippen molar-refractivity contribution in [2.75, 3.05) is 0 Å². The Kier molecular flexibility index (Phi) is 4.68. The van der Waals surface area contributed by atoms with Crippen LogP contribution in [0.25, 0.3) is 10.6 Å². The van der Waals surface area contributed by atoms with E-state index in [1.54, 1.807) is 6.07 Å². The normalized spacial score (nSPS) is 20.0. The van der Waals surface area contributed by atoms with E-state index in [-0.39, 0.29) is 18.4 Å². The molecule has 2 aromatic heterocycles. The molecule has 3 rings (SSSR count). The number of carboxylic acid groups (broad SMARTS) is 1. The molecule has 3 N–H and O–H groups in total. The van der Waals surface area contributed by atoms with Crippen molar-refractivity contribution in [3.05, 3.63) is 28.2 Å². The van der Waals surface area contributed by atoms with E-state index >= 15 is 0 Å². The molecule has 0 spiro atoms. The molecule has 0 aliphatic heterocycles. The molecule has 8 heteroatoms. The number of carboxylic acids is 1. The summed E-state index contributed by atoms with van der Waals surface area (Å²) < 4.78 is 0.654. The lowest BCUT2D eigenvalue weighted by molar-refractivity contribution is -0.137. The lowest BCUT2D eigenvalue weighted by Gasteiger charge is -2.35. The average Bonchev–Trinajstić information content (AvgIpc) is 3.08. The summed E-state index contributed by atoms with van der Waals surface area (Å²) in [7, 11) is 0. The highest BCUT2D eigenvalue weighted by Crippen LogP contribution is 2.33. The molecule has 0 aromatic carbocycles. The molecule has 2 heterocycles. The summed E-state index contributed by atoms with van der Waals surface area (Å²) in [6, 6.07) is 3.74. The average molecular weight is 354 g/mol. The van der Waals surface area contributed by atoms with E-state index in [1.165, 1.54) is 17.5 Å². The Labute approximate surface area is 141 Å². The minimum absolute atomic E-state index is 0.107. The molecule has 0 unspecified atom stereocenters. The van der Waals surface area contributed by atoms with Crippen LogP contribution < -0.4 is 5.32 Å². The summed E-state index contributed by atoms with van der Waals surface area (Å²) in [4.78, 5) is 23.8. The third-order valence-electron chi connectivity index (χ3n) is 4.04. The van der Waals surface area contributed by atoms with Gasteiger partial charge in [0.2, 0.25) is 0 Å². The molecule has 2 aromatic rings. The Balaban J connectivity index is 1.56. The summed E-state index contributed by atoms with van der Waals surface area (Å²) in [5.74, 6) is -0.550. The van der Waals surface area contributed by atoms with Crippen LogP contribution >= 0.6 is 22.9 Å². The first-order valence-electron chi connectivity index (χ1n) is 7.34. The second kappa shape index (κ2) is 6.72. The monoisotopic (exact) mass is 353 g/mol. The maximum atomic E-state index is 12.4. The fourth-order valence-electron chi connectivity index (χ4n) is 2.77. The number of carbonyl (C=O) groups excluding carboxylic acids is 1. The molecule has 0 radical (unpaired) electrons. The second-order valence-corrected chi connectivity index (χ2v) is 7.42. The third-order valence-corrected chi connectivity index (χ3v) is 5.29. The fraction of sp³-hybridized carbons (Fsp3) is 0.400. The number of thiophene rings is 1. The molecule has 1 saturated carbocycles. The number of nitrogens with zero attached hydrogens (tertiary/aromatic N) is 1. The molecular formula is C15H16ClN3O3S. The van der Waals surface area contributed by atoms with Crippen molar-refractivity contribution in [2.45, 2.75) is 31.7 Å². The number of aliphatic carboxylic acids is 1. The van der Waals surface area contributed by atoms with Gasteiger partial charge in [0.05, 0.1) is 26.7 Å². The van der Waals surface area contributed by atoms with Crippen LogP contribution in [-0.2, 0) is 4.79 Å². The Morgan fingerprint density at radius 3 is 2.87 bits per heavy atom. The topological polar surface area (TPSA) is 95.1 Å². The van der Waals surface area contributed by atoms with Gasteiger partial charge in [0.1, 0.15) is 0 Å². The molecule has 1 aliphatic rings. The Bertz CT molecular complexity index is 721. The van der Waals surface area contributed by atoms with Crippen LogP contribution in [0.1, 0.15) is 36.0 Å². The van der Waals surface area contributed by atoms with Crippen molar-refractivity contribution in [1.29, 1.82) is 0 Å². The zero-order valence-electron chi connectivity index (χ0n) is 12.2. The number of H-pyrrole nitrogens is 1. The van der Waals surface area contributed by atoms with E-state index in [0.29, 0.717) is 27.9 Å². The van der Waals surface area contributed by atoms with Crippen molar-refractivity contribution in [3.63, 3.8) is 0 Å². The Hall–Kier alpha value is -1.86. The summed E-state index contributed by atoms with van der Waals surface area (Å²) in [6.45, 7) is 0. The van der Waals surface area contributed by atoms with Gasteiger partial charge in [0, 0.05) is 12.5 Å². The molecule has 1 aliphatic carbocycles. The maximum absolute atomic E-state index is 12.4. The third kappa shape index (κ3) is 3.73. The number of hydrogen-bond acceptors (Lipinski definition) is 4. The number of halogens is 1. The molecule has 0 saturated heterocycles. The van der Waals surface area contributed by atoms with Crippen LogP contribution in [0.15, 0.2) is 18.3 Å². The van der Waals surface area contributed by atoms with Gasteiger partial charge in [0.15, 0.2) is 0 Å². The maximum Gasteiger partial charge on any atom is 0.303 e. The Morgan fingerprint density at radius 2 is 2.22 bits per heavy atom. The molecule has 1 amide bonds. The zero-order valence-corrected chi connectivity index (χ0v) is 13.8. The van der Waals surface area contributed by atoms with Gasteiger partial charge >= 0.3 is 5.97 Å². The first kappa shape index (κ1) is 16.0. The first-order chi connectivity index (χ1) is 11.0. The van der Waals surface area contributed by atoms with Gasteiger partial charge in [-0.05, 0) is 37.3 Å². The largest absolute Gasteiger partial charge is 0.481 e. The van der Waals surface area contributed by atoms with Crippen LogP contribution in [0, 0.1) is 5.92 Å². The number of rotatable bonds is 6. The van der Waals surface area contributed by atoms with Crippen molar-refractivity contribution in [1.82, 2.24) is 15.5 Å². The van der Waals surface area contributed by atoms with Gasteiger partial charge in [0.25, 0.3) is 5.91 Å². The SMILES string of the molecule is O=C(O)CCC1CC(NC(=O)c2cn[nH]c2-c2ccc(Cl)s2)C1. The zero-order chi connectivity index (χ0) is 16.4. The first-order valence-corrected chi connectivity index (χ1v) is 8.54. The van der Waals surface area contributed by atoms with Crippen LogP contribution in [0.2, 0.25) is 4.34 Å². The molecule has 122 valence electrons. The summed E-state index contributed by atoms with van der Waals surface area (Å²) in [6.07, 6.45) is 4.04. The van der Waals surface area contributed by atoms with Crippen LogP contribution in [0.3, 0.4) is 0 Å². The van der Waals surface area contributed by atoms with Gasteiger partial charge in [-0.2, -0.15) is 5.10 Å². The number of carbonyl (C=O) groups is 2. The summed E-state index contributed by atoms with van der Waals surface area (Å²) in [5, 5.41) is 18.4. The highest BCUT2D eigenvalue weighted by molar-refractivity contribution is 7.19. The van der Waals surface area contributed by atoms with Crippen LogP contribution in [0.4, 0.5) is 0 Å². The highest BCUT2D eigenvalue weighted by Gasteiger charge is 2.31. The van der Waals surface area contributed by atoms with E-state index < -0.39 is 5.97 Å². The van der Waals surface area contributed by atoms with Crippen LogP contribution in [-0.4, -0.2) is 33.2 Å². The number of aromatic amines is 1. The standard InChI is InChI=1S/C15H16ClN3O3S/c16-12-3-2-11(23-12)14-10(7-17-19-14)15(22)18-9-5-8(6-9)1-4-13(20)21/h2-3,7-9H,1,4-6H2,(H,17,19)(H,18,22)(H,20,21). The minimum Gasteiger partial charge on any atom is -0.481 e. The van der Waals surface area contributed by atoms with Gasteiger partial charge in [-0.1, -0.05) is 11.6 Å². The van der Waals surface area contributed by atoms with Crippen molar-refractivity contribution in [3.8, 4) is 10.6 Å². The quantitative estimate of drug-likeness (QED) is 0.743. The molecule has 6 nitrogen and oxygen atoms in total. The van der Waals surface area contributed by atoms with Gasteiger partial charge in [-0.3, -0.25) is 14.7 Å². The number of amides is 1. The molecule has 1 fully saturated rings. The molecule has 23 heavy (non-hydrogen) atoms. The number of aromatic nitrogens is 2. The Morgan fingerprint density at radius 1 is 1.43 bits per heavy atom. The molecular weight excluding hydrogens is 338 g/mol. The minimum atomic E-state index is -0.768. The van der Waals surface area contributed by atoms with Gasteiger partial charge in [-0.15, -0.1) is 11.3 Å². The molecule has 0 atom stereocenters. The van der Waals surface area contributed by atoms with Crippen molar-refractivity contribution in [2.24, 2.45) is 5.92 Å². The molecule has 0 bridgehead atoms.